The number of benzene rings is 1. The predicted molar refractivity (Wildman–Crippen MR) is 71.8 cm³/mol. The van der Waals surface area contributed by atoms with E-state index in [4.69, 9.17) is 9.47 Å². The lowest BCUT2D eigenvalue weighted by Gasteiger charge is -2.07. The van der Waals surface area contributed by atoms with Gasteiger partial charge in [-0.15, -0.1) is 0 Å². The Balaban J connectivity index is 2.36. The van der Waals surface area contributed by atoms with E-state index in [0.29, 0.717) is 15.9 Å². The topological polar surface area (TPSA) is 52.6 Å². The van der Waals surface area contributed by atoms with Gasteiger partial charge < -0.3 is 9.47 Å². The fraction of sp³-hybridized carbons (Fsp3) is 0.500. The maximum absolute atomic E-state index is 11.0. The zero-order valence-corrected chi connectivity index (χ0v) is 12.0. The summed E-state index contributed by atoms with van der Waals surface area (Å²) in [6.45, 7) is 3.93. The van der Waals surface area contributed by atoms with Crippen LogP contribution < -0.4 is 4.74 Å². The van der Waals surface area contributed by atoms with Gasteiger partial charge >= 0.3 is 19.8 Å². The third-order valence-corrected chi connectivity index (χ3v) is 3.99. The summed E-state index contributed by atoms with van der Waals surface area (Å²) in [6, 6.07) is 6.76. The molecule has 1 aromatic carbocycles. The van der Waals surface area contributed by atoms with Gasteiger partial charge in [-0.05, 0) is 31.9 Å². The van der Waals surface area contributed by atoms with E-state index >= 15 is 0 Å². The third-order valence-electron chi connectivity index (χ3n) is 2.15. The van der Waals surface area contributed by atoms with E-state index in [1.165, 1.54) is 0 Å². The molecular weight excluding hydrogens is 335 g/mol. The fourth-order valence-corrected chi connectivity index (χ4v) is 2.59. The average Bonchev–Trinajstić information content (AvgIpc) is 2.34. The number of para-hydroxylation sites is 1. The predicted octanol–water partition coefficient (Wildman–Crippen LogP) is 3.25. The molecule has 0 N–H and O–H groups in total. The molecule has 0 amide bonds. The number of unbranched alkanes of at least 4 members (excludes halogenated alkanes) is 1. The normalized spacial score (nSPS) is 10.7. The maximum Gasteiger partial charge on any atom is 0.344 e. The van der Waals surface area contributed by atoms with Crippen molar-refractivity contribution in [1.29, 1.82) is 0 Å². The van der Waals surface area contributed by atoms with Gasteiger partial charge in [0.25, 0.3) is 0 Å². The zero-order chi connectivity index (χ0) is 12.5. The monoisotopic (exact) mass is 352 g/mol. The second kappa shape index (κ2) is 8.41. The van der Waals surface area contributed by atoms with E-state index < -0.39 is 19.8 Å². The number of ether oxygens (including phenoxy) is 2. The Labute approximate surface area is 108 Å². The largest absolute Gasteiger partial charge is 0.492 e. The Hall–Kier alpha value is -0.690. The van der Waals surface area contributed by atoms with Crippen molar-refractivity contribution in [2.24, 2.45) is 0 Å². The summed E-state index contributed by atoms with van der Waals surface area (Å²) in [5.41, 5.74) is 0. The molecule has 0 saturated heterocycles. The van der Waals surface area contributed by atoms with Gasteiger partial charge in [-0.1, -0.05) is 12.1 Å². The van der Waals surface area contributed by atoms with E-state index in [1.54, 1.807) is 24.3 Å². The van der Waals surface area contributed by atoms with Gasteiger partial charge in [0.05, 0.1) is 6.61 Å². The molecule has 5 heteroatoms. The highest BCUT2D eigenvalue weighted by molar-refractivity contribution is 14.2. The summed E-state index contributed by atoms with van der Waals surface area (Å²) in [6.07, 6.45) is 1.79. The summed E-state index contributed by atoms with van der Waals surface area (Å²) >= 11 is -3.45. The molecule has 0 radical (unpaired) electrons. The van der Waals surface area contributed by atoms with Crippen LogP contribution in [0.25, 0.3) is 0 Å². The minimum atomic E-state index is -3.45. The SMILES string of the molecule is CCOCCCCOc1ccccc1I(=O)=O. The molecule has 96 valence electrons. The number of hydrogen-bond donors (Lipinski definition) is 0. The standard InChI is InChI=1S/C12H17IO4/c1-2-16-9-5-6-10-17-12-8-4-3-7-11(12)13(14)15/h3-4,7-8H,2,5-6,9-10H2,1H3. The molecule has 0 atom stereocenters. The van der Waals surface area contributed by atoms with Gasteiger partial charge in [0.2, 0.25) is 0 Å². The summed E-state index contributed by atoms with van der Waals surface area (Å²) in [4.78, 5) is 0. The van der Waals surface area contributed by atoms with Crippen LogP contribution in [0.1, 0.15) is 19.8 Å². The molecule has 1 aromatic rings. The lowest BCUT2D eigenvalue weighted by molar-refractivity contribution is 0.138. The lowest BCUT2D eigenvalue weighted by atomic mass is 10.3. The second-order valence-electron chi connectivity index (χ2n) is 3.40. The first-order chi connectivity index (χ1) is 8.25. The minimum Gasteiger partial charge on any atom is -0.492 e. The fourth-order valence-electron chi connectivity index (χ4n) is 1.32. The second-order valence-corrected chi connectivity index (χ2v) is 5.80. The molecular formula is C12H17IO4. The van der Waals surface area contributed by atoms with Crippen molar-refractivity contribution in [2.75, 3.05) is 19.8 Å². The van der Waals surface area contributed by atoms with Crippen molar-refractivity contribution in [3.05, 3.63) is 27.8 Å². The number of rotatable bonds is 8. The van der Waals surface area contributed by atoms with Gasteiger partial charge in [-0.3, -0.25) is 0 Å². The molecule has 0 spiro atoms. The van der Waals surface area contributed by atoms with Gasteiger partial charge in [0.1, 0.15) is 9.32 Å². The molecule has 0 fully saturated rings. The molecule has 0 aliphatic rings. The smallest absolute Gasteiger partial charge is 0.344 e. The first-order valence-electron chi connectivity index (χ1n) is 5.60. The van der Waals surface area contributed by atoms with Crippen LogP contribution in [-0.4, -0.2) is 19.8 Å². The van der Waals surface area contributed by atoms with E-state index in [2.05, 4.69) is 0 Å². The molecule has 0 unspecified atom stereocenters. The highest BCUT2D eigenvalue weighted by atomic mass is 127. The van der Waals surface area contributed by atoms with E-state index in [9.17, 15) is 6.14 Å². The van der Waals surface area contributed by atoms with Crippen molar-refractivity contribution in [3.8, 4) is 5.75 Å². The molecule has 0 aliphatic carbocycles. The van der Waals surface area contributed by atoms with Crippen LogP contribution in [-0.2, 0) is 10.9 Å². The molecule has 0 saturated carbocycles. The van der Waals surface area contributed by atoms with Gasteiger partial charge in [0.15, 0.2) is 0 Å². The van der Waals surface area contributed by atoms with Crippen LogP contribution in [0.15, 0.2) is 24.3 Å². The summed E-state index contributed by atoms with van der Waals surface area (Å²) < 4.78 is 33.0. The molecule has 1 rings (SSSR count). The average molecular weight is 352 g/mol. The van der Waals surface area contributed by atoms with Gasteiger partial charge in [0, 0.05) is 13.2 Å². The van der Waals surface area contributed by atoms with Crippen LogP contribution in [0.4, 0.5) is 0 Å². The number of halogens is 1. The van der Waals surface area contributed by atoms with Crippen molar-refractivity contribution < 1.29 is 15.6 Å². The Bertz CT molecular complexity index is 393. The Kier molecular flexibility index (Phi) is 7.11. The van der Waals surface area contributed by atoms with Crippen molar-refractivity contribution >= 4 is 19.8 Å². The highest BCUT2D eigenvalue weighted by Gasteiger charge is 2.06. The van der Waals surface area contributed by atoms with Crippen molar-refractivity contribution in [1.82, 2.24) is 0 Å². The molecule has 4 nitrogen and oxygen atoms in total. The van der Waals surface area contributed by atoms with E-state index in [0.717, 1.165) is 26.1 Å². The summed E-state index contributed by atoms with van der Waals surface area (Å²) in [7, 11) is 0. The van der Waals surface area contributed by atoms with Crippen LogP contribution >= 0.6 is 19.8 Å². The molecule has 0 bridgehead atoms. The Morgan fingerprint density at radius 3 is 2.53 bits per heavy atom. The van der Waals surface area contributed by atoms with Crippen LogP contribution in [0.5, 0.6) is 5.75 Å². The maximum atomic E-state index is 11.0. The zero-order valence-electron chi connectivity index (χ0n) is 9.86. The summed E-state index contributed by atoms with van der Waals surface area (Å²) in [5, 5.41) is 0. The van der Waals surface area contributed by atoms with Crippen LogP contribution in [0.2, 0.25) is 0 Å². The van der Waals surface area contributed by atoms with Gasteiger partial charge in [-0.25, -0.2) is 6.14 Å². The first-order valence-corrected chi connectivity index (χ1v) is 8.44. The quantitative estimate of drug-likeness (QED) is 0.532. The van der Waals surface area contributed by atoms with Crippen molar-refractivity contribution in [3.63, 3.8) is 0 Å². The Morgan fingerprint density at radius 1 is 1.12 bits per heavy atom. The third kappa shape index (κ3) is 5.45. The first kappa shape index (κ1) is 14.4. The van der Waals surface area contributed by atoms with Crippen LogP contribution in [0.3, 0.4) is 0 Å². The van der Waals surface area contributed by atoms with Crippen molar-refractivity contribution in [2.45, 2.75) is 19.8 Å². The summed E-state index contributed by atoms with van der Waals surface area (Å²) in [5.74, 6) is 0.471. The number of hydrogen-bond acceptors (Lipinski definition) is 4. The molecule has 17 heavy (non-hydrogen) atoms. The molecule has 0 aliphatic heterocycles. The van der Waals surface area contributed by atoms with Gasteiger partial charge in [-0.2, -0.15) is 0 Å². The molecule has 0 heterocycles. The van der Waals surface area contributed by atoms with Crippen LogP contribution in [0, 0.1) is 3.57 Å². The highest BCUT2D eigenvalue weighted by Crippen LogP contribution is 2.27. The Morgan fingerprint density at radius 2 is 1.82 bits per heavy atom. The lowest BCUT2D eigenvalue weighted by Crippen LogP contribution is -2.01. The minimum absolute atomic E-state index is 0.335. The molecule has 0 aromatic heterocycles. The van der Waals surface area contributed by atoms with E-state index in [1.807, 2.05) is 6.92 Å². The van der Waals surface area contributed by atoms with E-state index in [-0.39, 0.29) is 0 Å².